The summed E-state index contributed by atoms with van der Waals surface area (Å²) in [5, 5.41) is 4.50. The summed E-state index contributed by atoms with van der Waals surface area (Å²) in [5.41, 5.74) is 7.73. The van der Waals surface area contributed by atoms with Crippen LogP contribution in [0.3, 0.4) is 0 Å². The zero-order valence-electron chi connectivity index (χ0n) is 10.7. The second-order valence-corrected chi connectivity index (χ2v) is 5.12. The lowest BCUT2D eigenvalue weighted by Gasteiger charge is -2.06. The van der Waals surface area contributed by atoms with Crippen LogP contribution in [0.4, 0.5) is 5.69 Å². The largest absolute Gasteiger partial charge is 0.399 e. The van der Waals surface area contributed by atoms with Crippen molar-refractivity contribution < 1.29 is 0 Å². The lowest BCUT2D eigenvalue weighted by molar-refractivity contribution is 0.637. The van der Waals surface area contributed by atoms with Gasteiger partial charge in [0.05, 0.1) is 6.54 Å². The van der Waals surface area contributed by atoms with Crippen LogP contribution in [0, 0.1) is 0 Å². The molecule has 2 N–H and O–H groups in total. The van der Waals surface area contributed by atoms with Gasteiger partial charge in [0, 0.05) is 23.0 Å². The first-order valence-electron chi connectivity index (χ1n) is 6.10. The van der Waals surface area contributed by atoms with Gasteiger partial charge in [-0.15, -0.1) is 0 Å². The average molecular weight is 309 g/mol. The van der Waals surface area contributed by atoms with Gasteiger partial charge in [-0.1, -0.05) is 29.8 Å². The summed E-state index contributed by atoms with van der Waals surface area (Å²) in [5.74, 6) is 1.92. The van der Waals surface area contributed by atoms with Crippen LogP contribution >= 0.6 is 15.9 Å². The zero-order chi connectivity index (χ0) is 13.1. The third-order valence-electron chi connectivity index (χ3n) is 2.74. The number of anilines is 1. The number of hydrogen-bond donors (Lipinski definition) is 1. The molecule has 1 aromatic heterocycles. The standard InChI is InChI=1S/C13H17BrN4/c1-3-12-16-13(4-2)18(17-12)8-9-5-10(14)7-11(15)6-9/h5-7H,3-4,8,15H2,1-2H3. The van der Waals surface area contributed by atoms with E-state index in [4.69, 9.17) is 5.73 Å². The Kier molecular flexibility index (Phi) is 4.01. The Bertz CT molecular complexity index is 528. The molecule has 0 aliphatic heterocycles. The first-order valence-corrected chi connectivity index (χ1v) is 6.89. The van der Waals surface area contributed by atoms with Gasteiger partial charge in [-0.05, 0) is 23.8 Å². The molecule has 0 aliphatic carbocycles. The van der Waals surface area contributed by atoms with E-state index in [1.165, 1.54) is 0 Å². The summed E-state index contributed by atoms with van der Waals surface area (Å²) >= 11 is 3.46. The number of halogens is 1. The second-order valence-electron chi connectivity index (χ2n) is 4.20. The summed E-state index contributed by atoms with van der Waals surface area (Å²) in [4.78, 5) is 4.50. The van der Waals surface area contributed by atoms with E-state index in [0.717, 1.165) is 40.2 Å². The molecule has 0 bridgehead atoms. The number of rotatable bonds is 4. The third-order valence-corrected chi connectivity index (χ3v) is 3.19. The smallest absolute Gasteiger partial charge is 0.150 e. The summed E-state index contributed by atoms with van der Waals surface area (Å²) in [6, 6.07) is 5.92. The molecule has 0 spiro atoms. The van der Waals surface area contributed by atoms with Crippen LogP contribution in [0.15, 0.2) is 22.7 Å². The molecule has 5 heteroatoms. The van der Waals surface area contributed by atoms with Crippen molar-refractivity contribution in [3.8, 4) is 0 Å². The molecule has 2 rings (SSSR count). The van der Waals surface area contributed by atoms with Crippen molar-refractivity contribution in [3.63, 3.8) is 0 Å². The van der Waals surface area contributed by atoms with Gasteiger partial charge in [0.1, 0.15) is 5.82 Å². The number of hydrogen-bond acceptors (Lipinski definition) is 3. The van der Waals surface area contributed by atoms with Gasteiger partial charge in [0.25, 0.3) is 0 Å². The number of benzene rings is 1. The lowest BCUT2D eigenvalue weighted by atomic mass is 10.2. The van der Waals surface area contributed by atoms with E-state index in [0.29, 0.717) is 6.54 Å². The summed E-state index contributed by atoms with van der Waals surface area (Å²) in [7, 11) is 0. The van der Waals surface area contributed by atoms with Gasteiger partial charge in [-0.25, -0.2) is 9.67 Å². The van der Waals surface area contributed by atoms with Crippen LogP contribution in [0.5, 0.6) is 0 Å². The van der Waals surface area contributed by atoms with E-state index in [1.54, 1.807) is 0 Å². The minimum atomic E-state index is 0.708. The van der Waals surface area contributed by atoms with Gasteiger partial charge in [0.15, 0.2) is 5.82 Å². The Morgan fingerprint density at radius 3 is 2.61 bits per heavy atom. The van der Waals surface area contributed by atoms with Crippen LogP contribution in [0.2, 0.25) is 0 Å². The normalized spacial score (nSPS) is 10.8. The third kappa shape index (κ3) is 2.90. The molecule has 4 nitrogen and oxygen atoms in total. The number of nitrogen functional groups attached to an aromatic ring is 1. The maximum absolute atomic E-state index is 5.84. The van der Waals surface area contributed by atoms with Crippen molar-refractivity contribution in [1.82, 2.24) is 14.8 Å². The number of aromatic nitrogens is 3. The quantitative estimate of drug-likeness (QED) is 0.884. The molecular weight excluding hydrogens is 292 g/mol. The van der Waals surface area contributed by atoms with Crippen LogP contribution in [0.1, 0.15) is 31.1 Å². The first-order chi connectivity index (χ1) is 8.62. The summed E-state index contributed by atoms with van der Waals surface area (Å²) in [6.07, 6.45) is 1.75. The summed E-state index contributed by atoms with van der Waals surface area (Å²) in [6.45, 7) is 4.87. The fourth-order valence-electron chi connectivity index (χ4n) is 1.90. The zero-order valence-corrected chi connectivity index (χ0v) is 12.2. The van der Waals surface area contributed by atoms with Crippen molar-refractivity contribution in [3.05, 3.63) is 39.9 Å². The Labute approximate surface area is 115 Å². The van der Waals surface area contributed by atoms with Crippen molar-refractivity contribution in [2.24, 2.45) is 0 Å². The van der Waals surface area contributed by atoms with E-state index >= 15 is 0 Å². The van der Waals surface area contributed by atoms with Crippen molar-refractivity contribution >= 4 is 21.6 Å². The van der Waals surface area contributed by atoms with Gasteiger partial charge in [-0.3, -0.25) is 0 Å². The molecule has 1 heterocycles. The van der Waals surface area contributed by atoms with Gasteiger partial charge >= 0.3 is 0 Å². The predicted octanol–water partition coefficient (Wildman–Crippen LogP) is 2.80. The maximum atomic E-state index is 5.84. The Morgan fingerprint density at radius 1 is 1.22 bits per heavy atom. The van der Waals surface area contributed by atoms with E-state index in [1.807, 2.05) is 16.8 Å². The average Bonchev–Trinajstić information content (AvgIpc) is 2.70. The van der Waals surface area contributed by atoms with Crippen LogP contribution < -0.4 is 5.73 Å². The van der Waals surface area contributed by atoms with Crippen LogP contribution in [-0.4, -0.2) is 14.8 Å². The monoisotopic (exact) mass is 308 g/mol. The fraction of sp³-hybridized carbons (Fsp3) is 0.385. The molecule has 1 aromatic carbocycles. The maximum Gasteiger partial charge on any atom is 0.150 e. The van der Waals surface area contributed by atoms with Gasteiger partial charge in [-0.2, -0.15) is 5.10 Å². The molecule has 0 saturated heterocycles. The van der Waals surface area contributed by atoms with E-state index in [-0.39, 0.29) is 0 Å². The molecule has 0 fully saturated rings. The Balaban J connectivity index is 2.29. The van der Waals surface area contributed by atoms with Crippen molar-refractivity contribution in [1.29, 1.82) is 0 Å². The topological polar surface area (TPSA) is 56.7 Å². The number of nitrogens with zero attached hydrogens (tertiary/aromatic N) is 3. The molecule has 0 saturated carbocycles. The van der Waals surface area contributed by atoms with E-state index < -0.39 is 0 Å². The molecule has 0 aliphatic rings. The van der Waals surface area contributed by atoms with Gasteiger partial charge in [0.2, 0.25) is 0 Å². The molecule has 0 unspecified atom stereocenters. The highest BCUT2D eigenvalue weighted by atomic mass is 79.9. The summed E-state index contributed by atoms with van der Waals surface area (Å²) < 4.78 is 2.95. The minimum Gasteiger partial charge on any atom is -0.399 e. The predicted molar refractivity (Wildman–Crippen MR) is 76.4 cm³/mol. The number of nitrogens with two attached hydrogens (primary N) is 1. The van der Waals surface area contributed by atoms with Crippen LogP contribution in [0.25, 0.3) is 0 Å². The van der Waals surface area contributed by atoms with Crippen molar-refractivity contribution in [2.45, 2.75) is 33.2 Å². The number of aryl methyl sites for hydroxylation is 2. The second kappa shape index (κ2) is 5.52. The molecule has 96 valence electrons. The SMILES string of the molecule is CCc1nc(CC)n(Cc2cc(N)cc(Br)c2)n1. The molecule has 0 amide bonds. The van der Waals surface area contributed by atoms with E-state index in [2.05, 4.69) is 45.9 Å². The highest BCUT2D eigenvalue weighted by Gasteiger charge is 2.08. The van der Waals surface area contributed by atoms with E-state index in [9.17, 15) is 0 Å². The first kappa shape index (κ1) is 13.1. The Morgan fingerprint density at radius 2 is 2.00 bits per heavy atom. The Hall–Kier alpha value is -1.36. The lowest BCUT2D eigenvalue weighted by Crippen LogP contribution is -2.06. The van der Waals surface area contributed by atoms with Gasteiger partial charge < -0.3 is 5.73 Å². The van der Waals surface area contributed by atoms with Crippen molar-refractivity contribution in [2.75, 3.05) is 5.73 Å². The molecule has 18 heavy (non-hydrogen) atoms. The molecule has 0 atom stereocenters. The molecule has 0 radical (unpaired) electrons. The minimum absolute atomic E-state index is 0.708. The highest BCUT2D eigenvalue weighted by molar-refractivity contribution is 9.10. The molecular formula is C13H17BrN4. The molecule has 2 aromatic rings. The fourth-order valence-corrected chi connectivity index (χ4v) is 2.46. The van der Waals surface area contributed by atoms with Crippen LogP contribution in [-0.2, 0) is 19.4 Å². The highest BCUT2D eigenvalue weighted by Crippen LogP contribution is 2.18.